The average molecular weight is 376 g/mol. The van der Waals surface area contributed by atoms with Gasteiger partial charge >= 0.3 is 0 Å². The molecular formula is C22H30ClNO2. The predicted molar refractivity (Wildman–Crippen MR) is 109 cm³/mol. The van der Waals surface area contributed by atoms with E-state index in [-0.39, 0.29) is 18.3 Å². The molecule has 3 rings (SSSR count). The van der Waals surface area contributed by atoms with E-state index >= 15 is 0 Å². The van der Waals surface area contributed by atoms with Crippen molar-refractivity contribution in [3.05, 3.63) is 65.7 Å². The van der Waals surface area contributed by atoms with E-state index in [9.17, 15) is 5.11 Å². The molecule has 0 unspecified atom stereocenters. The van der Waals surface area contributed by atoms with E-state index in [0.717, 1.165) is 43.7 Å². The molecule has 26 heavy (non-hydrogen) atoms. The van der Waals surface area contributed by atoms with Crippen LogP contribution in [0.1, 0.15) is 36.8 Å². The third kappa shape index (κ3) is 4.79. The lowest BCUT2D eigenvalue weighted by atomic mass is 9.71. The summed E-state index contributed by atoms with van der Waals surface area (Å²) in [6.07, 6.45) is 4.15. The van der Waals surface area contributed by atoms with Gasteiger partial charge < -0.3 is 14.7 Å². The zero-order valence-corrected chi connectivity index (χ0v) is 16.5. The minimum absolute atomic E-state index is 0. The Bertz CT molecular complexity index is 679. The first kappa shape index (κ1) is 20.8. The number of halogens is 1. The molecule has 0 spiro atoms. The molecule has 1 aliphatic rings. The minimum Gasteiger partial charge on any atom is -0.497 e. The molecule has 2 aromatic rings. The molecule has 0 bridgehead atoms. The Morgan fingerprint density at radius 1 is 1.12 bits per heavy atom. The van der Waals surface area contributed by atoms with Crippen LogP contribution in [0.15, 0.2) is 54.6 Å². The summed E-state index contributed by atoms with van der Waals surface area (Å²) in [6.45, 7) is 1.80. The maximum Gasteiger partial charge on any atom is 0.119 e. The monoisotopic (exact) mass is 375 g/mol. The summed E-state index contributed by atoms with van der Waals surface area (Å²) in [7, 11) is 3.82. The third-order valence-corrected chi connectivity index (χ3v) is 5.43. The van der Waals surface area contributed by atoms with E-state index in [2.05, 4.69) is 36.2 Å². The number of hydrogen-bond acceptors (Lipinski definition) is 3. The third-order valence-electron chi connectivity index (χ3n) is 5.43. The highest BCUT2D eigenvalue weighted by molar-refractivity contribution is 5.85. The van der Waals surface area contributed by atoms with Crippen molar-refractivity contribution in [2.24, 2.45) is 5.92 Å². The number of aliphatic hydroxyl groups is 1. The van der Waals surface area contributed by atoms with Crippen LogP contribution in [0.5, 0.6) is 5.75 Å². The van der Waals surface area contributed by atoms with E-state index in [1.54, 1.807) is 7.11 Å². The Hall–Kier alpha value is -1.55. The smallest absolute Gasteiger partial charge is 0.119 e. The van der Waals surface area contributed by atoms with E-state index in [0.29, 0.717) is 0 Å². The van der Waals surface area contributed by atoms with Gasteiger partial charge in [0.15, 0.2) is 0 Å². The lowest BCUT2D eigenvalue weighted by molar-refractivity contribution is -0.0643. The standard InChI is InChI=1S/C22H29NO2.ClH/c1-23(16-18-9-4-3-5-10-18)17-20-11-6-7-14-22(20,24)19-12-8-13-21(15-19)25-2;/h3-5,8-10,12-13,15,20,24H,6-7,11,14,16-17H2,1-2H3;1H/t20-,22+;/m1./s1. The molecule has 1 N–H and O–H groups in total. The first-order valence-corrected chi connectivity index (χ1v) is 9.21. The van der Waals surface area contributed by atoms with Crippen molar-refractivity contribution < 1.29 is 9.84 Å². The quantitative estimate of drug-likeness (QED) is 0.799. The average Bonchev–Trinajstić information content (AvgIpc) is 2.64. The fourth-order valence-corrected chi connectivity index (χ4v) is 4.08. The molecule has 1 fully saturated rings. The van der Waals surface area contributed by atoms with Gasteiger partial charge in [0.25, 0.3) is 0 Å². The van der Waals surface area contributed by atoms with Crippen LogP contribution in [0.25, 0.3) is 0 Å². The van der Waals surface area contributed by atoms with Crippen molar-refractivity contribution in [2.75, 3.05) is 20.7 Å². The molecule has 3 nitrogen and oxygen atoms in total. The Labute approximate surface area is 163 Å². The molecule has 0 heterocycles. The highest BCUT2D eigenvalue weighted by Gasteiger charge is 2.40. The highest BCUT2D eigenvalue weighted by atomic mass is 35.5. The molecule has 2 atom stereocenters. The van der Waals surface area contributed by atoms with Gasteiger partial charge in [-0.1, -0.05) is 55.3 Å². The van der Waals surface area contributed by atoms with Crippen LogP contribution in [0.4, 0.5) is 0 Å². The number of rotatable bonds is 6. The Kier molecular flexibility index (Phi) is 7.51. The lowest BCUT2D eigenvalue weighted by Gasteiger charge is -2.42. The van der Waals surface area contributed by atoms with Gasteiger partial charge in [0.2, 0.25) is 0 Å². The maximum absolute atomic E-state index is 11.6. The number of hydrogen-bond donors (Lipinski definition) is 1. The van der Waals surface area contributed by atoms with E-state index in [1.165, 1.54) is 12.0 Å². The second kappa shape index (κ2) is 9.40. The molecule has 0 aliphatic heterocycles. The van der Waals surface area contributed by atoms with E-state index < -0.39 is 5.60 Å². The normalized spacial score (nSPS) is 22.7. The number of nitrogens with zero attached hydrogens (tertiary/aromatic N) is 1. The van der Waals surface area contributed by atoms with Gasteiger partial charge in [-0.3, -0.25) is 0 Å². The molecule has 142 valence electrons. The van der Waals surface area contributed by atoms with Crippen LogP contribution >= 0.6 is 12.4 Å². The number of ether oxygens (including phenoxy) is 1. The lowest BCUT2D eigenvalue weighted by Crippen LogP contribution is -2.43. The fourth-order valence-electron chi connectivity index (χ4n) is 4.08. The van der Waals surface area contributed by atoms with Gasteiger partial charge in [-0.25, -0.2) is 0 Å². The van der Waals surface area contributed by atoms with Crippen molar-refractivity contribution in [3.63, 3.8) is 0 Å². The fraction of sp³-hybridized carbons (Fsp3) is 0.455. The van der Waals surface area contributed by atoms with Crippen molar-refractivity contribution in [1.82, 2.24) is 4.90 Å². The van der Waals surface area contributed by atoms with Gasteiger partial charge in [-0.2, -0.15) is 0 Å². The molecular weight excluding hydrogens is 346 g/mol. The summed E-state index contributed by atoms with van der Waals surface area (Å²) in [5, 5.41) is 11.6. The summed E-state index contributed by atoms with van der Waals surface area (Å²) in [5.41, 5.74) is 1.54. The van der Waals surface area contributed by atoms with E-state index in [4.69, 9.17) is 4.74 Å². The second-order valence-corrected chi connectivity index (χ2v) is 7.28. The number of methoxy groups -OCH3 is 1. The molecule has 1 aliphatic carbocycles. The van der Waals surface area contributed by atoms with Crippen LogP contribution in [-0.4, -0.2) is 30.7 Å². The summed E-state index contributed by atoms with van der Waals surface area (Å²) in [5.74, 6) is 1.05. The molecule has 0 radical (unpaired) electrons. The molecule has 2 aromatic carbocycles. The van der Waals surface area contributed by atoms with Gasteiger partial charge in [-0.05, 0) is 43.1 Å². The topological polar surface area (TPSA) is 32.7 Å². The highest BCUT2D eigenvalue weighted by Crippen LogP contribution is 2.42. The first-order chi connectivity index (χ1) is 12.1. The molecule has 0 saturated heterocycles. The predicted octanol–water partition coefficient (Wildman–Crippen LogP) is 4.63. The van der Waals surface area contributed by atoms with Gasteiger partial charge in [-0.15, -0.1) is 12.4 Å². The van der Waals surface area contributed by atoms with Crippen molar-refractivity contribution in [3.8, 4) is 5.75 Å². The van der Waals surface area contributed by atoms with Crippen LogP contribution in [0, 0.1) is 5.92 Å². The van der Waals surface area contributed by atoms with Crippen molar-refractivity contribution >= 4 is 12.4 Å². The largest absolute Gasteiger partial charge is 0.497 e. The van der Waals surface area contributed by atoms with Gasteiger partial charge in [0.1, 0.15) is 5.75 Å². The van der Waals surface area contributed by atoms with Crippen molar-refractivity contribution in [2.45, 2.75) is 37.8 Å². The summed E-state index contributed by atoms with van der Waals surface area (Å²) in [4.78, 5) is 2.33. The Morgan fingerprint density at radius 2 is 1.88 bits per heavy atom. The maximum atomic E-state index is 11.6. The molecule has 4 heteroatoms. The van der Waals surface area contributed by atoms with Gasteiger partial charge in [0.05, 0.1) is 12.7 Å². The zero-order valence-electron chi connectivity index (χ0n) is 15.7. The SMILES string of the molecule is COc1cccc([C@@]2(O)CCCC[C@@H]2CN(C)Cc2ccccc2)c1.Cl. The van der Waals surface area contributed by atoms with Crippen LogP contribution in [0.2, 0.25) is 0 Å². The van der Waals surface area contributed by atoms with Crippen LogP contribution < -0.4 is 4.74 Å². The molecule has 0 amide bonds. The minimum atomic E-state index is -0.766. The van der Waals surface area contributed by atoms with Crippen LogP contribution in [-0.2, 0) is 12.1 Å². The van der Waals surface area contributed by atoms with Crippen LogP contribution in [0.3, 0.4) is 0 Å². The summed E-state index contributed by atoms with van der Waals surface area (Å²) >= 11 is 0. The Morgan fingerprint density at radius 3 is 2.62 bits per heavy atom. The summed E-state index contributed by atoms with van der Waals surface area (Å²) < 4.78 is 5.36. The zero-order chi connectivity index (χ0) is 17.7. The first-order valence-electron chi connectivity index (χ1n) is 9.21. The summed E-state index contributed by atoms with van der Waals surface area (Å²) in [6, 6.07) is 18.5. The van der Waals surface area contributed by atoms with Crippen molar-refractivity contribution in [1.29, 1.82) is 0 Å². The van der Waals surface area contributed by atoms with Gasteiger partial charge in [0, 0.05) is 19.0 Å². The number of benzene rings is 2. The second-order valence-electron chi connectivity index (χ2n) is 7.28. The molecule has 1 saturated carbocycles. The Balaban J connectivity index is 0.00000243. The van der Waals surface area contributed by atoms with E-state index in [1.807, 2.05) is 30.3 Å². The molecule has 0 aromatic heterocycles.